The van der Waals surface area contributed by atoms with Crippen LogP contribution in [0.15, 0.2) is 72.8 Å². The van der Waals surface area contributed by atoms with Crippen LogP contribution in [0.2, 0.25) is 10.0 Å². The number of hydrogen-bond donors (Lipinski definition) is 0. The first-order valence-corrected chi connectivity index (χ1v) is 8.91. The van der Waals surface area contributed by atoms with Gasteiger partial charge < -0.3 is 4.74 Å². The predicted molar refractivity (Wildman–Crippen MR) is 105 cm³/mol. The molecule has 0 saturated heterocycles. The molecule has 3 aromatic rings. The van der Waals surface area contributed by atoms with Crippen molar-refractivity contribution >= 4 is 35.2 Å². The molecule has 128 valence electrons. The second-order valence-corrected chi connectivity index (χ2v) is 6.83. The molecule has 4 rings (SSSR count). The van der Waals surface area contributed by atoms with Crippen LogP contribution in [0.5, 0.6) is 0 Å². The minimum Gasteiger partial charge on any atom is -0.449 e. The summed E-state index contributed by atoms with van der Waals surface area (Å²) in [5.41, 5.74) is 4.91. The molecule has 4 heteroatoms. The average molecular weight is 381 g/mol. The number of esters is 1. The third-order valence-corrected chi connectivity index (χ3v) is 4.93. The van der Waals surface area contributed by atoms with Gasteiger partial charge >= 0.3 is 5.97 Å². The van der Waals surface area contributed by atoms with Crippen LogP contribution in [0.25, 0.3) is 17.2 Å². The van der Waals surface area contributed by atoms with E-state index in [4.69, 9.17) is 27.9 Å². The molecule has 0 fully saturated rings. The Balaban J connectivity index is 1.59. The molecular formula is C22H14Cl2O2. The molecule has 0 radical (unpaired) electrons. The maximum atomic E-state index is 12.4. The summed E-state index contributed by atoms with van der Waals surface area (Å²) < 4.78 is 5.75. The van der Waals surface area contributed by atoms with Gasteiger partial charge in [0.05, 0.1) is 0 Å². The summed E-state index contributed by atoms with van der Waals surface area (Å²) in [5, 5.41) is 1.03. The van der Waals surface area contributed by atoms with E-state index in [9.17, 15) is 4.79 Å². The molecular weight excluding hydrogens is 367 g/mol. The topological polar surface area (TPSA) is 26.3 Å². The molecule has 0 heterocycles. The fraction of sp³-hybridized carbons (Fsp3) is 0.0455. The number of halogens is 2. The number of carbonyl (C=O) groups excluding carboxylic acids is 1. The molecule has 0 atom stereocenters. The van der Waals surface area contributed by atoms with Crippen molar-refractivity contribution in [3.8, 4) is 11.1 Å². The second-order valence-electron chi connectivity index (χ2n) is 5.99. The molecule has 1 aliphatic rings. The zero-order chi connectivity index (χ0) is 18.1. The number of carbonyl (C=O) groups is 1. The first kappa shape index (κ1) is 16.9. The lowest BCUT2D eigenvalue weighted by molar-refractivity contribution is -0.141. The van der Waals surface area contributed by atoms with Gasteiger partial charge in [-0.15, -0.1) is 0 Å². The van der Waals surface area contributed by atoms with Gasteiger partial charge in [-0.05, 0) is 34.9 Å². The molecule has 0 amide bonds. The van der Waals surface area contributed by atoms with Crippen LogP contribution in [-0.2, 0) is 9.53 Å². The van der Waals surface area contributed by atoms with E-state index in [2.05, 4.69) is 0 Å². The quantitative estimate of drug-likeness (QED) is 0.392. The van der Waals surface area contributed by atoms with E-state index in [1.165, 1.54) is 6.08 Å². The summed E-state index contributed by atoms with van der Waals surface area (Å²) in [7, 11) is 0. The van der Waals surface area contributed by atoms with Gasteiger partial charge in [0.2, 0.25) is 0 Å². The highest BCUT2D eigenvalue weighted by Crippen LogP contribution is 2.45. The van der Waals surface area contributed by atoms with Crippen molar-refractivity contribution in [2.24, 2.45) is 0 Å². The van der Waals surface area contributed by atoms with E-state index in [1.54, 1.807) is 24.3 Å². The Bertz CT molecular complexity index is 979. The van der Waals surface area contributed by atoms with Crippen LogP contribution in [0.3, 0.4) is 0 Å². The van der Waals surface area contributed by atoms with E-state index in [1.807, 2.05) is 48.5 Å². The summed E-state index contributed by atoms with van der Waals surface area (Å²) >= 11 is 12.0. The first-order valence-electron chi connectivity index (χ1n) is 8.15. The summed E-state index contributed by atoms with van der Waals surface area (Å²) in [6.07, 6.45) is 2.62. The highest BCUT2D eigenvalue weighted by molar-refractivity contribution is 6.35. The Morgan fingerprint density at radius 3 is 2.12 bits per heavy atom. The van der Waals surface area contributed by atoms with Gasteiger partial charge in [-0.25, -0.2) is 4.79 Å². The summed E-state index contributed by atoms with van der Waals surface area (Å²) in [6.45, 7) is 0. The number of fused-ring (bicyclic) bond motifs is 3. The maximum Gasteiger partial charge on any atom is 0.331 e. The van der Waals surface area contributed by atoms with E-state index in [-0.39, 0.29) is 0 Å². The molecule has 1 aliphatic carbocycles. The molecule has 0 bridgehead atoms. The molecule has 0 N–H and O–H groups in total. The molecule has 0 unspecified atom stereocenters. The maximum absolute atomic E-state index is 12.4. The van der Waals surface area contributed by atoms with E-state index < -0.39 is 12.1 Å². The fourth-order valence-corrected chi connectivity index (χ4v) is 3.66. The van der Waals surface area contributed by atoms with E-state index in [0.717, 1.165) is 22.3 Å². The minimum absolute atomic E-state index is 0.403. The second kappa shape index (κ2) is 6.99. The molecule has 0 aliphatic heterocycles. The van der Waals surface area contributed by atoms with Crippen molar-refractivity contribution in [2.75, 3.05) is 0 Å². The van der Waals surface area contributed by atoms with Crippen LogP contribution in [0, 0.1) is 0 Å². The minimum atomic E-state index is -0.424. The van der Waals surface area contributed by atoms with Crippen molar-refractivity contribution in [3.63, 3.8) is 0 Å². The van der Waals surface area contributed by atoms with Gasteiger partial charge in [-0.1, -0.05) is 77.8 Å². The normalized spacial score (nSPS) is 12.8. The lowest BCUT2D eigenvalue weighted by atomic mass is 10.1. The summed E-state index contributed by atoms with van der Waals surface area (Å²) in [6, 6.07) is 21.1. The highest BCUT2D eigenvalue weighted by atomic mass is 35.5. The molecule has 0 saturated carbocycles. The fourth-order valence-electron chi connectivity index (χ4n) is 3.19. The smallest absolute Gasteiger partial charge is 0.331 e. The monoisotopic (exact) mass is 380 g/mol. The zero-order valence-corrected chi connectivity index (χ0v) is 15.2. The highest BCUT2D eigenvalue weighted by Gasteiger charge is 2.30. The van der Waals surface area contributed by atoms with Gasteiger partial charge in [-0.2, -0.15) is 0 Å². The third kappa shape index (κ3) is 3.14. The Labute approximate surface area is 161 Å². The average Bonchev–Trinajstić information content (AvgIpc) is 2.95. The van der Waals surface area contributed by atoms with Gasteiger partial charge in [-0.3, -0.25) is 0 Å². The molecule has 2 nitrogen and oxygen atoms in total. The van der Waals surface area contributed by atoms with Crippen LogP contribution >= 0.6 is 23.2 Å². The van der Waals surface area contributed by atoms with Gasteiger partial charge in [0, 0.05) is 27.2 Å². The number of rotatable bonds is 3. The van der Waals surface area contributed by atoms with Crippen LogP contribution in [0.4, 0.5) is 0 Å². The Morgan fingerprint density at radius 1 is 0.885 bits per heavy atom. The lowest BCUT2D eigenvalue weighted by Gasteiger charge is -2.13. The van der Waals surface area contributed by atoms with Gasteiger partial charge in [0.1, 0.15) is 0 Å². The van der Waals surface area contributed by atoms with Crippen molar-refractivity contribution < 1.29 is 9.53 Å². The van der Waals surface area contributed by atoms with Crippen molar-refractivity contribution in [1.29, 1.82) is 0 Å². The van der Waals surface area contributed by atoms with Crippen LogP contribution in [0.1, 0.15) is 22.8 Å². The number of ether oxygens (including phenoxy) is 1. The molecule has 0 spiro atoms. The molecule has 3 aromatic carbocycles. The van der Waals surface area contributed by atoms with E-state index in [0.29, 0.717) is 15.6 Å². The van der Waals surface area contributed by atoms with Crippen molar-refractivity contribution in [3.05, 3.63) is 99.5 Å². The van der Waals surface area contributed by atoms with Crippen molar-refractivity contribution in [1.82, 2.24) is 0 Å². The van der Waals surface area contributed by atoms with Gasteiger partial charge in [0.15, 0.2) is 6.10 Å². The Morgan fingerprint density at radius 2 is 1.50 bits per heavy atom. The summed E-state index contributed by atoms with van der Waals surface area (Å²) in [5.74, 6) is -0.424. The first-order chi connectivity index (χ1) is 12.6. The molecule has 0 aromatic heterocycles. The number of hydrogen-bond acceptors (Lipinski definition) is 2. The molecule has 26 heavy (non-hydrogen) atoms. The Kier molecular flexibility index (Phi) is 4.54. The predicted octanol–water partition coefficient (Wildman–Crippen LogP) is 6.32. The number of benzene rings is 3. The van der Waals surface area contributed by atoms with Crippen LogP contribution < -0.4 is 0 Å². The standard InChI is InChI=1S/C22H14Cl2O2/c23-15-11-9-14(20(24)13-15)10-12-21(25)26-22-18-7-3-1-5-16(18)17-6-2-4-8-19(17)22/h1-13,22H/b12-10+. The lowest BCUT2D eigenvalue weighted by Crippen LogP contribution is -2.08. The Hall–Kier alpha value is -2.55. The SMILES string of the molecule is O=C(/C=C/c1ccc(Cl)cc1Cl)OC1c2ccccc2-c2ccccc21. The summed E-state index contributed by atoms with van der Waals surface area (Å²) in [4.78, 5) is 12.4. The third-order valence-electron chi connectivity index (χ3n) is 4.37. The van der Waals surface area contributed by atoms with Gasteiger partial charge in [0.25, 0.3) is 0 Å². The van der Waals surface area contributed by atoms with E-state index >= 15 is 0 Å². The largest absolute Gasteiger partial charge is 0.449 e. The van der Waals surface area contributed by atoms with Crippen LogP contribution in [-0.4, -0.2) is 5.97 Å². The zero-order valence-electron chi connectivity index (χ0n) is 13.7. The van der Waals surface area contributed by atoms with Crippen molar-refractivity contribution in [2.45, 2.75) is 6.10 Å².